The quantitative estimate of drug-likeness (QED) is 0.620. The maximum absolute atomic E-state index is 11.6. The highest BCUT2D eigenvalue weighted by Gasteiger charge is 2.04. The highest BCUT2D eigenvalue weighted by atomic mass is 127. The molecular formula is C9H13IN2O2. The molecule has 0 atom stereocenters. The number of aryl methyl sites for hydroxylation is 1. The predicted octanol–water partition coefficient (Wildman–Crippen LogP) is 1.19. The fourth-order valence-electron chi connectivity index (χ4n) is 1.11. The second kappa shape index (κ2) is 5.45. The van der Waals surface area contributed by atoms with E-state index in [0.29, 0.717) is 23.3 Å². The minimum Gasteiger partial charge on any atom is -0.380 e. The Bertz CT molecular complexity index is 362. The molecule has 78 valence electrons. The molecule has 0 saturated carbocycles. The van der Waals surface area contributed by atoms with Gasteiger partial charge in [-0.25, -0.2) is 4.98 Å². The fraction of sp³-hybridized carbons (Fsp3) is 0.556. The minimum atomic E-state index is 0.0119. The number of hydrogen-bond acceptors (Lipinski definition) is 3. The van der Waals surface area contributed by atoms with E-state index in [4.69, 9.17) is 4.74 Å². The summed E-state index contributed by atoms with van der Waals surface area (Å²) in [5.41, 5.74) is 0.0119. The fourth-order valence-corrected chi connectivity index (χ4v) is 1.54. The maximum Gasteiger partial charge on any atom is 0.267 e. The van der Waals surface area contributed by atoms with Crippen molar-refractivity contribution in [1.29, 1.82) is 0 Å². The zero-order chi connectivity index (χ0) is 10.6. The molecule has 5 heteroatoms. The first-order valence-corrected chi connectivity index (χ1v) is 5.54. The van der Waals surface area contributed by atoms with Crippen LogP contribution in [0.15, 0.2) is 11.0 Å². The summed E-state index contributed by atoms with van der Waals surface area (Å²) in [5, 5.41) is 0. The lowest BCUT2D eigenvalue weighted by atomic mass is 10.5. The van der Waals surface area contributed by atoms with Gasteiger partial charge >= 0.3 is 0 Å². The average Bonchev–Trinajstić information content (AvgIpc) is 2.18. The lowest BCUT2D eigenvalue weighted by Crippen LogP contribution is -2.27. The minimum absolute atomic E-state index is 0.0119. The summed E-state index contributed by atoms with van der Waals surface area (Å²) in [7, 11) is 0. The molecule has 4 nitrogen and oxygen atoms in total. The van der Waals surface area contributed by atoms with Crippen LogP contribution in [0.3, 0.4) is 0 Å². The maximum atomic E-state index is 11.6. The van der Waals surface area contributed by atoms with Gasteiger partial charge in [0.15, 0.2) is 0 Å². The average molecular weight is 308 g/mol. The van der Waals surface area contributed by atoms with E-state index in [1.165, 1.54) is 0 Å². The third-order valence-electron chi connectivity index (χ3n) is 1.87. The van der Waals surface area contributed by atoms with Crippen LogP contribution >= 0.6 is 22.6 Å². The number of nitrogens with zero attached hydrogens (tertiary/aromatic N) is 2. The summed E-state index contributed by atoms with van der Waals surface area (Å²) < 4.78 is 7.48. The Hall–Kier alpha value is -0.430. The molecule has 1 heterocycles. The van der Waals surface area contributed by atoms with Gasteiger partial charge in [-0.3, -0.25) is 9.36 Å². The molecule has 0 spiro atoms. The Kier molecular flexibility index (Phi) is 4.53. The monoisotopic (exact) mass is 308 g/mol. The van der Waals surface area contributed by atoms with E-state index in [1.807, 2.05) is 36.4 Å². The Labute approximate surface area is 96.4 Å². The van der Waals surface area contributed by atoms with Gasteiger partial charge in [0.05, 0.1) is 16.7 Å². The lowest BCUT2D eigenvalue weighted by Gasteiger charge is -2.08. The van der Waals surface area contributed by atoms with E-state index >= 15 is 0 Å². The van der Waals surface area contributed by atoms with Gasteiger partial charge < -0.3 is 4.74 Å². The van der Waals surface area contributed by atoms with Crippen LogP contribution in [0.1, 0.15) is 12.7 Å². The highest BCUT2D eigenvalue weighted by Crippen LogP contribution is 1.97. The largest absolute Gasteiger partial charge is 0.380 e. The third kappa shape index (κ3) is 2.78. The first-order valence-electron chi connectivity index (χ1n) is 4.46. The first-order chi connectivity index (χ1) is 6.66. The molecule has 0 unspecified atom stereocenters. The molecule has 0 saturated heterocycles. The zero-order valence-electron chi connectivity index (χ0n) is 8.29. The Balaban J connectivity index is 2.84. The first kappa shape index (κ1) is 11.6. The van der Waals surface area contributed by atoms with Gasteiger partial charge in [0, 0.05) is 12.8 Å². The Morgan fingerprint density at radius 3 is 3.00 bits per heavy atom. The van der Waals surface area contributed by atoms with Crippen LogP contribution in [0.5, 0.6) is 0 Å². The van der Waals surface area contributed by atoms with Crippen molar-refractivity contribution in [2.24, 2.45) is 0 Å². The zero-order valence-corrected chi connectivity index (χ0v) is 10.4. The molecule has 0 radical (unpaired) electrons. The van der Waals surface area contributed by atoms with Gasteiger partial charge in [-0.05, 0) is 36.4 Å². The molecular weight excluding hydrogens is 295 g/mol. The van der Waals surface area contributed by atoms with E-state index < -0.39 is 0 Å². The number of rotatable bonds is 4. The van der Waals surface area contributed by atoms with E-state index in [1.54, 1.807) is 10.8 Å². The van der Waals surface area contributed by atoms with E-state index in [-0.39, 0.29) is 5.56 Å². The normalized spacial score (nSPS) is 10.5. The van der Waals surface area contributed by atoms with Crippen LogP contribution in [0.4, 0.5) is 0 Å². The smallest absolute Gasteiger partial charge is 0.267 e. The van der Waals surface area contributed by atoms with Crippen LogP contribution in [0.25, 0.3) is 0 Å². The summed E-state index contributed by atoms with van der Waals surface area (Å²) in [4.78, 5) is 15.8. The summed E-state index contributed by atoms with van der Waals surface area (Å²) in [6.45, 7) is 5.55. The molecule has 1 rings (SSSR count). The van der Waals surface area contributed by atoms with Crippen molar-refractivity contribution in [1.82, 2.24) is 9.55 Å². The van der Waals surface area contributed by atoms with Crippen LogP contribution in [0.2, 0.25) is 0 Å². The Morgan fingerprint density at radius 1 is 1.64 bits per heavy atom. The van der Waals surface area contributed by atoms with Gasteiger partial charge in [-0.1, -0.05) is 0 Å². The number of halogens is 1. The SMILES string of the molecule is CCOCCn1c(C)ncc(I)c1=O. The van der Waals surface area contributed by atoms with Crippen molar-refractivity contribution in [3.8, 4) is 0 Å². The lowest BCUT2D eigenvalue weighted by molar-refractivity contribution is 0.137. The van der Waals surface area contributed by atoms with Crippen molar-refractivity contribution < 1.29 is 4.74 Å². The number of hydrogen-bond donors (Lipinski definition) is 0. The number of aromatic nitrogens is 2. The van der Waals surface area contributed by atoms with Crippen LogP contribution in [-0.4, -0.2) is 22.8 Å². The summed E-state index contributed by atoms with van der Waals surface area (Å²) in [6.07, 6.45) is 1.59. The molecule has 14 heavy (non-hydrogen) atoms. The highest BCUT2D eigenvalue weighted by molar-refractivity contribution is 14.1. The second-order valence-corrected chi connectivity index (χ2v) is 3.97. The predicted molar refractivity (Wildman–Crippen MR) is 62.4 cm³/mol. The van der Waals surface area contributed by atoms with Crippen molar-refractivity contribution in [2.75, 3.05) is 13.2 Å². The number of ether oxygens (including phenoxy) is 1. The summed E-state index contributed by atoms with van der Waals surface area (Å²) in [6, 6.07) is 0. The van der Waals surface area contributed by atoms with E-state index in [9.17, 15) is 4.79 Å². The molecule has 0 bridgehead atoms. The van der Waals surface area contributed by atoms with E-state index in [2.05, 4.69) is 4.98 Å². The van der Waals surface area contributed by atoms with Crippen molar-refractivity contribution >= 4 is 22.6 Å². The Morgan fingerprint density at radius 2 is 2.36 bits per heavy atom. The van der Waals surface area contributed by atoms with Crippen LogP contribution in [-0.2, 0) is 11.3 Å². The van der Waals surface area contributed by atoms with Gasteiger partial charge in [0.1, 0.15) is 5.82 Å². The summed E-state index contributed by atoms with van der Waals surface area (Å²) in [5.74, 6) is 0.732. The van der Waals surface area contributed by atoms with Crippen molar-refractivity contribution in [2.45, 2.75) is 20.4 Å². The second-order valence-electron chi connectivity index (χ2n) is 2.81. The van der Waals surface area contributed by atoms with Crippen LogP contribution < -0.4 is 5.56 Å². The molecule has 0 amide bonds. The van der Waals surface area contributed by atoms with E-state index in [0.717, 1.165) is 5.82 Å². The van der Waals surface area contributed by atoms with Gasteiger partial charge in [-0.15, -0.1) is 0 Å². The molecule has 0 N–H and O–H groups in total. The van der Waals surface area contributed by atoms with Gasteiger partial charge in [0.25, 0.3) is 5.56 Å². The molecule has 0 fully saturated rings. The third-order valence-corrected chi connectivity index (χ3v) is 2.61. The van der Waals surface area contributed by atoms with Crippen molar-refractivity contribution in [3.05, 3.63) is 25.9 Å². The molecule has 1 aromatic rings. The summed E-state index contributed by atoms with van der Waals surface area (Å²) >= 11 is 1.99. The molecule has 0 aliphatic heterocycles. The van der Waals surface area contributed by atoms with Gasteiger partial charge in [-0.2, -0.15) is 0 Å². The topological polar surface area (TPSA) is 44.1 Å². The standard InChI is InChI=1S/C9H13IN2O2/c1-3-14-5-4-12-7(2)11-6-8(10)9(12)13/h6H,3-5H2,1-2H3. The molecule has 0 aromatic carbocycles. The van der Waals surface area contributed by atoms with Crippen LogP contribution in [0, 0.1) is 10.5 Å². The molecule has 1 aromatic heterocycles. The molecule has 0 aliphatic rings. The molecule has 0 aliphatic carbocycles. The van der Waals surface area contributed by atoms with Crippen molar-refractivity contribution in [3.63, 3.8) is 0 Å². The van der Waals surface area contributed by atoms with Gasteiger partial charge in [0.2, 0.25) is 0 Å².